The summed E-state index contributed by atoms with van der Waals surface area (Å²) < 4.78 is 0. The molecule has 2 fully saturated rings. The first kappa shape index (κ1) is 11.2. The fourth-order valence-corrected chi connectivity index (χ4v) is 4.16. The highest BCUT2D eigenvalue weighted by Crippen LogP contribution is 2.47. The lowest BCUT2D eigenvalue weighted by molar-refractivity contribution is 0.151. The van der Waals surface area contributed by atoms with Crippen molar-refractivity contribution in [1.29, 1.82) is 0 Å². The molecule has 1 aromatic carbocycles. The minimum Gasteiger partial charge on any atom is -0.390 e. The molecule has 0 atom stereocenters. The second kappa shape index (κ2) is 3.59. The van der Waals surface area contributed by atoms with Gasteiger partial charge in [-0.05, 0) is 37.2 Å². The Morgan fingerprint density at radius 2 is 2.05 bits per heavy atom. The van der Waals surface area contributed by atoms with Gasteiger partial charge in [0.05, 0.1) is 11.1 Å². The highest BCUT2D eigenvalue weighted by Gasteiger charge is 2.41. The fraction of sp³-hybridized carbons (Fsp3) is 0.529. The average molecular weight is 268 g/mol. The van der Waals surface area contributed by atoms with Crippen LogP contribution in [0.3, 0.4) is 0 Å². The average Bonchev–Trinajstić information content (AvgIpc) is 3.04. The van der Waals surface area contributed by atoms with Crippen molar-refractivity contribution in [1.82, 2.24) is 4.98 Å². The lowest BCUT2D eigenvalue weighted by Crippen LogP contribution is -2.38. The van der Waals surface area contributed by atoms with E-state index in [0.29, 0.717) is 0 Å². The maximum atomic E-state index is 10.2. The Morgan fingerprint density at radius 3 is 2.80 bits per heavy atom. The molecule has 4 heterocycles. The number of anilines is 1. The van der Waals surface area contributed by atoms with Crippen molar-refractivity contribution in [3.63, 3.8) is 0 Å². The molecule has 2 N–H and O–H groups in total. The van der Waals surface area contributed by atoms with Gasteiger partial charge in [-0.2, -0.15) is 0 Å². The number of H-pyrrole nitrogens is 1. The van der Waals surface area contributed by atoms with Gasteiger partial charge in [-0.25, -0.2) is 0 Å². The molecule has 0 unspecified atom stereocenters. The Kier molecular flexibility index (Phi) is 2.01. The van der Waals surface area contributed by atoms with Crippen LogP contribution in [0.2, 0.25) is 0 Å². The molecule has 3 heteroatoms. The molecular formula is C17H20N2O. The standard InChI is InChI=1S/C17H20N2O/c20-17(6-7-17)10-12-2-1-3-13-14-11-4-8-19(9-5-11)16(14)18-15(12)13/h1-3,11,18,20H,4-10H2. The van der Waals surface area contributed by atoms with E-state index in [1.54, 1.807) is 5.56 Å². The van der Waals surface area contributed by atoms with Gasteiger partial charge in [0.2, 0.25) is 0 Å². The Bertz CT molecular complexity index is 690. The molecule has 3 aliphatic heterocycles. The van der Waals surface area contributed by atoms with E-state index in [4.69, 9.17) is 0 Å². The van der Waals surface area contributed by atoms with Gasteiger partial charge >= 0.3 is 0 Å². The molecule has 20 heavy (non-hydrogen) atoms. The van der Waals surface area contributed by atoms with Crippen LogP contribution in [0.1, 0.15) is 42.7 Å². The summed E-state index contributed by atoms with van der Waals surface area (Å²) in [6.07, 6.45) is 5.31. The molecule has 4 aliphatic rings. The summed E-state index contributed by atoms with van der Waals surface area (Å²) >= 11 is 0. The van der Waals surface area contributed by atoms with Crippen LogP contribution in [-0.2, 0) is 6.42 Å². The summed E-state index contributed by atoms with van der Waals surface area (Å²) in [5.74, 6) is 2.10. The molecule has 1 saturated carbocycles. The summed E-state index contributed by atoms with van der Waals surface area (Å²) in [6.45, 7) is 2.40. The normalized spacial score (nSPS) is 23.4. The predicted molar refractivity (Wildman–Crippen MR) is 80.4 cm³/mol. The largest absolute Gasteiger partial charge is 0.390 e. The number of fused-ring (bicyclic) bond motifs is 3. The molecule has 0 radical (unpaired) electrons. The molecule has 0 spiro atoms. The zero-order valence-electron chi connectivity index (χ0n) is 11.7. The fourth-order valence-electron chi connectivity index (χ4n) is 4.16. The van der Waals surface area contributed by atoms with Crippen LogP contribution in [0, 0.1) is 0 Å². The first-order valence-corrected chi connectivity index (χ1v) is 7.84. The van der Waals surface area contributed by atoms with Crippen molar-refractivity contribution in [2.45, 2.75) is 43.6 Å². The Hall–Kier alpha value is -1.48. The van der Waals surface area contributed by atoms with Crippen LogP contribution in [0.5, 0.6) is 0 Å². The van der Waals surface area contributed by atoms with Crippen molar-refractivity contribution >= 4 is 16.7 Å². The van der Waals surface area contributed by atoms with Gasteiger partial charge in [-0.1, -0.05) is 18.2 Å². The van der Waals surface area contributed by atoms with E-state index in [2.05, 4.69) is 28.1 Å². The highest BCUT2D eigenvalue weighted by molar-refractivity contribution is 5.93. The van der Waals surface area contributed by atoms with Gasteiger partial charge in [0, 0.05) is 30.5 Å². The molecule has 3 nitrogen and oxygen atoms in total. The summed E-state index contributed by atoms with van der Waals surface area (Å²) in [5, 5.41) is 11.6. The van der Waals surface area contributed by atoms with Crippen LogP contribution in [0.4, 0.5) is 5.82 Å². The zero-order chi connectivity index (χ0) is 13.3. The van der Waals surface area contributed by atoms with Gasteiger partial charge in [0.25, 0.3) is 0 Å². The molecular weight excluding hydrogens is 248 g/mol. The minimum atomic E-state index is -0.417. The van der Waals surface area contributed by atoms with E-state index in [1.165, 1.54) is 48.2 Å². The van der Waals surface area contributed by atoms with E-state index >= 15 is 0 Å². The Morgan fingerprint density at radius 1 is 1.25 bits per heavy atom. The summed E-state index contributed by atoms with van der Waals surface area (Å²) in [7, 11) is 0. The van der Waals surface area contributed by atoms with Crippen LogP contribution in [0.15, 0.2) is 18.2 Å². The van der Waals surface area contributed by atoms with Crippen molar-refractivity contribution in [2.24, 2.45) is 0 Å². The first-order valence-electron chi connectivity index (χ1n) is 7.84. The number of benzene rings is 1. The van der Waals surface area contributed by atoms with E-state index in [9.17, 15) is 5.11 Å². The monoisotopic (exact) mass is 268 g/mol. The van der Waals surface area contributed by atoms with Gasteiger partial charge in [0.1, 0.15) is 5.82 Å². The molecule has 6 rings (SSSR count). The van der Waals surface area contributed by atoms with Crippen LogP contribution in [-0.4, -0.2) is 28.8 Å². The van der Waals surface area contributed by atoms with Gasteiger partial charge < -0.3 is 15.0 Å². The zero-order valence-corrected chi connectivity index (χ0v) is 11.7. The summed E-state index contributed by atoms with van der Waals surface area (Å²) in [4.78, 5) is 6.19. The number of hydrogen-bond donors (Lipinski definition) is 2. The molecule has 2 aromatic rings. The summed E-state index contributed by atoms with van der Waals surface area (Å²) in [5.41, 5.74) is 3.69. The van der Waals surface area contributed by atoms with Gasteiger partial charge in [0.15, 0.2) is 0 Å². The second-order valence-electron chi connectivity index (χ2n) is 6.89. The maximum Gasteiger partial charge on any atom is 0.110 e. The van der Waals surface area contributed by atoms with E-state index in [-0.39, 0.29) is 0 Å². The number of aromatic nitrogens is 1. The van der Waals surface area contributed by atoms with Crippen molar-refractivity contribution in [3.05, 3.63) is 29.3 Å². The first-order chi connectivity index (χ1) is 9.73. The number of hydrogen-bond acceptors (Lipinski definition) is 2. The molecule has 1 aliphatic carbocycles. The van der Waals surface area contributed by atoms with Crippen molar-refractivity contribution in [3.8, 4) is 0 Å². The van der Waals surface area contributed by atoms with E-state index in [1.807, 2.05) is 0 Å². The van der Waals surface area contributed by atoms with Crippen LogP contribution >= 0.6 is 0 Å². The Labute approximate surface area is 118 Å². The summed E-state index contributed by atoms with van der Waals surface area (Å²) in [6, 6.07) is 6.60. The Balaban J connectivity index is 1.71. The minimum absolute atomic E-state index is 0.417. The van der Waals surface area contributed by atoms with Crippen LogP contribution < -0.4 is 4.90 Å². The quantitative estimate of drug-likeness (QED) is 0.879. The third-order valence-electron chi connectivity index (χ3n) is 5.51. The number of aliphatic hydroxyl groups is 1. The van der Waals surface area contributed by atoms with Gasteiger partial charge in [-0.15, -0.1) is 0 Å². The number of para-hydroxylation sites is 1. The number of nitrogens with zero attached hydrogens (tertiary/aromatic N) is 1. The smallest absolute Gasteiger partial charge is 0.110 e. The molecule has 1 saturated heterocycles. The number of piperidine rings is 1. The molecule has 0 amide bonds. The molecule has 2 bridgehead atoms. The number of aromatic amines is 1. The lowest BCUT2D eigenvalue weighted by atomic mass is 9.84. The predicted octanol–water partition coefficient (Wildman–Crippen LogP) is 2.93. The van der Waals surface area contributed by atoms with Crippen LogP contribution in [0.25, 0.3) is 10.9 Å². The number of rotatable bonds is 2. The molecule has 104 valence electrons. The van der Waals surface area contributed by atoms with Crippen molar-refractivity contribution < 1.29 is 5.11 Å². The second-order valence-corrected chi connectivity index (χ2v) is 6.89. The number of nitrogens with one attached hydrogen (secondary N) is 1. The highest BCUT2D eigenvalue weighted by atomic mass is 16.3. The third-order valence-corrected chi connectivity index (χ3v) is 5.51. The van der Waals surface area contributed by atoms with E-state index in [0.717, 1.165) is 25.2 Å². The molecule has 1 aromatic heterocycles. The lowest BCUT2D eigenvalue weighted by Gasteiger charge is -2.40. The van der Waals surface area contributed by atoms with Crippen molar-refractivity contribution in [2.75, 3.05) is 18.0 Å². The maximum absolute atomic E-state index is 10.2. The van der Waals surface area contributed by atoms with Gasteiger partial charge in [-0.3, -0.25) is 0 Å². The third kappa shape index (κ3) is 1.44. The topological polar surface area (TPSA) is 39.3 Å². The SMILES string of the molecule is OC1(Cc2cccc3c4c([nH]c23)N2CCC4CC2)CC1. The van der Waals surface area contributed by atoms with E-state index < -0.39 is 5.60 Å².